The van der Waals surface area contributed by atoms with E-state index in [9.17, 15) is 5.11 Å². The van der Waals surface area contributed by atoms with Crippen LogP contribution in [-0.4, -0.2) is 18.7 Å². The van der Waals surface area contributed by atoms with E-state index in [2.05, 4.69) is 27.3 Å². The van der Waals surface area contributed by atoms with Gasteiger partial charge in [0.05, 0.1) is 4.47 Å². The van der Waals surface area contributed by atoms with Crippen LogP contribution in [0.2, 0.25) is 0 Å². The van der Waals surface area contributed by atoms with Gasteiger partial charge in [-0.05, 0) is 66.5 Å². The number of phenolic OH excluding ortho intramolecular Hbond substituents is 1. The maximum atomic E-state index is 9.80. The van der Waals surface area contributed by atoms with Crippen LogP contribution >= 0.6 is 15.9 Å². The lowest BCUT2D eigenvalue weighted by Crippen LogP contribution is -2.11. The summed E-state index contributed by atoms with van der Waals surface area (Å²) in [6.07, 6.45) is 0.948. The molecule has 0 saturated heterocycles. The summed E-state index contributed by atoms with van der Waals surface area (Å²) in [6.45, 7) is 4.87. The van der Waals surface area contributed by atoms with Gasteiger partial charge in [0.2, 0.25) is 0 Å². The second-order valence-electron chi connectivity index (χ2n) is 3.49. The number of rotatable bonds is 3. The molecule has 0 amide bonds. The molecule has 0 saturated carbocycles. The number of hydrogen-bond donors (Lipinski definition) is 2. The van der Waals surface area contributed by atoms with Gasteiger partial charge in [-0.1, -0.05) is 6.07 Å². The highest BCUT2D eigenvalue weighted by atomic mass is 79.9. The van der Waals surface area contributed by atoms with E-state index in [-0.39, 0.29) is 0 Å². The number of phenols is 1. The summed E-state index contributed by atoms with van der Waals surface area (Å²) in [4.78, 5) is 0. The van der Waals surface area contributed by atoms with Gasteiger partial charge in [-0.2, -0.15) is 0 Å². The molecular formula is C11H16BrNO. The van der Waals surface area contributed by atoms with Crippen molar-refractivity contribution in [3.63, 3.8) is 0 Å². The molecule has 3 heteroatoms. The molecule has 0 heterocycles. The fourth-order valence-electron chi connectivity index (χ4n) is 1.46. The number of benzene rings is 1. The van der Waals surface area contributed by atoms with Crippen molar-refractivity contribution in [3.05, 3.63) is 27.2 Å². The molecule has 0 aliphatic heterocycles. The van der Waals surface area contributed by atoms with E-state index in [0.717, 1.165) is 28.6 Å². The third kappa shape index (κ3) is 2.28. The molecule has 0 radical (unpaired) electrons. The third-order valence-electron chi connectivity index (χ3n) is 2.43. The number of aromatic hydroxyl groups is 1. The lowest BCUT2D eigenvalue weighted by atomic mass is 10.0. The standard InChI is InChI=1S/C11H16BrNO/c1-7-6-9(4-5-13-3)8(2)11(14)10(7)12/h6,13-14H,4-5H2,1-3H3. The number of likely N-dealkylation sites (N-methyl/N-ethyl adjacent to an activating group) is 1. The van der Waals surface area contributed by atoms with E-state index >= 15 is 0 Å². The molecule has 78 valence electrons. The van der Waals surface area contributed by atoms with Gasteiger partial charge >= 0.3 is 0 Å². The van der Waals surface area contributed by atoms with Crippen molar-refractivity contribution in [2.45, 2.75) is 20.3 Å². The first-order chi connectivity index (χ1) is 6.57. The minimum absolute atomic E-state index is 0.371. The predicted molar refractivity (Wildman–Crippen MR) is 62.9 cm³/mol. The summed E-state index contributed by atoms with van der Waals surface area (Å²) in [5.74, 6) is 0.371. The Morgan fingerprint density at radius 1 is 1.43 bits per heavy atom. The molecule has 0 bridgehead atoms. The molecule has 0 aliphatic rings. The maximum absolute atomic E-state index is 9.80. The van der Waals surface area contributed by atoms with Gasteiger partial charge in [-0.3, -0.25) is 0 Å². The molecule has 1 aromatic rings. The highest BCUT2D eigenvalue weighted by Crippen LogP contribution is 2.33. The first kappa shape index (κ1) is 11.5. The first-order valence-electron chi connectivity index (χ1n) is 4.70. The quantitative estimate of drug-likeness (QED) is 0.873. The van der Waals surface area contributed by atoms with Crippen LogP contribution in [-0.2, 0) is 6.42 Å². The normalized spacial score (nSPS) is 10.6. The topological polar surface area (TPSA) is 32.3 Å². The average molecular weight is 258 g/mol. The highest BCUT2D eigenvalue weighted by molar-refractivity contribution is 9.10. The molecule has 0 aliphatic carbocycles. The van der Waals surface area contributed by atoms with Gasteiger partial charge in [-0.25, -0.2) is 0 Å². The van der Waals surface area contributed by atoms with E-state index in [1.54, 1.807) is 0 Å². The first-order valence-corrected chi connectivity index (χ1v) is 5.49. The molecule has 14 heavy (non-hydrogen) atoms. The average Bonchev–Trinajstić information content (AvgIpc) is 2.18. The van der Waals surface area contributed by atoms with Gasteiger partial charge in [0, 0.05) is 0 Å². The van der Waals surface area contributed by atoms with E-state index in [1.807, 2.05) is 20.9 Å². The van der Waals surface area contributed by atoms with Crippen LogP contribution < -0.4 is 5.32 Å². The van der Waals surface area contributed by atoms with E-state index < -0.39 is 0 Å². The van der Waals surface area contributed by atoms with Crippen molar-refractivity contribution in [3.8, 4) is 5.75 Å². The number of halogens is 1. The minimum atomic E-state index is 0.371. The van der Waals surface area contributed by atoms with Crippen LogP contribution in [0.4, 0.5) is 0 Å². The Bertz CT molecular complexity index is 337. The zero-order valence-electron chi connectivity index (χ0n) is 8.82. The van der Waals surface area contributed by atoms with E-state index in [4.69, 9.17) is 0 Å². The van der Waals surface area contributed by atoms with Gasteiger partial charge in [0.1, 0.15) is 5.75 Å². The molecule has 0 aromatic heterocycles. The van der Waals surface area contributed by atoms with Crippen molar-refractivity contribution in [1.82, 2.24) is 5.32 Å². The summed E-state index contributed by atoms with van der Waals surface area (Å²) in [7, 11) is 1.93. The monoisotopic (exact) mass is 257 g/mol. The smallest absolute Gasteiger partial charge is 0.133 e. The molecule has 1 rings (SSSR count). The number of aryl methyl sites for hydroxylation is 1. The Morgan fingerprint density at radius 3 is 2.64 bits per heavy atom. The zero-order chi connectivity index (χ0) is 10.7. The largest absolute Gasteiger partial charge is 0.506 e. The van der Waals surface area contributed by atoms with Gasteiger partial charge < -0.3 is 10.4 Å². The SMILES string of the molecule is CNCCc1cc(C)c(Br)c(O)c1C. The maximum Gasteiger partial charge on any atom is 0.133 e. The Labute approximate surface area is 93.5 Å². The van der Waals surface area contributed by atoms with Crippen molar-refractivity contribution in [2.24, 2.45) is 0 Å². The van der Waals surface area contributed by atoms with E-state index in [1.165, 1.54) is 5.56 Å². The van der Waals surface area contributed by atoms with Crippen molar-refractivity contribution < 1.29 is 5.11 Å². The summed E-state index contributed by atoms with van der Waals surface area (Å²) in [6, 6.07) is 2.12. The lowest BCUT2D eigenvalue weighted by Gasteiger charge is -2.11. The summed E-state index contributed by atoms with van der Waals surface area (Å²) < 4.78 is 0.809. The van der Waals surface area contributed by atoms with Gasteiger partial charge in [0.15, 0.2) is 0 Å². The molecule has 0 unspecified atom stereocenters. The summed E-state index contributed by atoms with van der Waals surface area (Å²) in [5.41, 5.74) is 3.26. The second-order valence-corrected chi connectivity index (χ2v) is 4.29. The Kier molecular flexibility index (Phi) is 3.96. The van der Waals surface area contributed by atoms with Gasteiger partial charge in [-0.15, -0.1) is 0 Å². The van der Waals surface area contributed by atoms with Gasteiger partial charge in [0.25, 0.3) is 0 Å². The van der Waals surface area contributed by atoms with Crippen molar-refractivity contribution in [2.75, 3.05) is 13.6 Å². The number of nitrogens with one attached hydrogen (secondary N) is 1. The molecule has 2 nitrogen and oxygen atoms in total. The Morgan fingerprint density at radius 2 is 2.07 bits per heavy atom. The molecular weight excluding hydrogens is 242 g/mol. The fourth-order valence-corrected chi connectivity index (χ4v) is 1.87. The predicted octanol–water partition coefficient (Wildman–Crippen LogP) is 2.53. The molecule has 0 atom stereocenters. The Balaban J connectivity index is 3.06. The minimum Gasteiger partial charge on any atom is -0.506 e. The molecule has 2 N–H and O–H groups in total. The summed E-state index contributed by atoms with van der Waals surface area (Å²) >= 11 is 3.37. The Hall–Kier alpha value is -0.540. The zero-order valence-corrected chi connectivity index (χ0v) is 10.4. The van der Waals surface area contributed by atoms with Crippen molar-refractivity contribution >= 4 is 15.9 Å². The van der Waals surface area contributed by atoms with Crippen LogP contribution in [0.25, 0.3) is 0 Å². The molecule has 0 fully saturated rings. The third-order valence-corrected chi connectivity index (χ3v) is 3.43. The lowest BCUT2D eigenvalue weighted by molar-refractivity contribution is 0.466. The summed E-state index contributed by atoms with van der Waals surface area (Å²) in [5, 5.41) is 12.9. The fraction of sp³-hybridized carbons (Fsp3) is 0.455. The van der Waals surface area contributed by atoms with Crippen LogP contribution in [0, 0.1) is 13.8 Å². The van der Waals surface area contributed by atoms with Crippen molar-refractivity contribution in [1.29, 1.82) is 0 Å². The number of hydrogen-bond acceptors (Lipinski definition) is 2. The highest BCUT2D eigenvalue weighted by Gasteiger charge is 2.09. The molecule has 1 aromatic carbocycles. The second kappa shape index (κ2) is 4.80. The molecule has 0 spiro atoms. The van der Waals surface area contributed by atoms with Crippen LogP contribution in [0.3, 0.4) is 0 Å². The van der Waals surface area contributed by atoms with Crippen LogP contribution in [0.1, 0.15) is 16.7 Å². The van der Waals surface area contributed by atoms with E-state index in [0.29, 0.717) is 5.75 Å². The van der Waals surface area contributed by atoms with Crippen LogP contribution in [0.15, 0.2) is 10.5 Å². The van der Waals surface area contributed by atoms with Crippen LogP contribution in [0.5, 0.6) is 5.75 Å².